The number of hydrogen-bond acceptors (Lipinski definition) is 3. The van der Waals surface area contributed by atoms with Crippen LogP contribution in [-0.4, -0.2) is 49.3 Å². The summed E-state index contributed by atoms with van der Waals surface area (Å²) in [6, 6.07) is 4.20. The number of methoxy groups -OCH3 is 1. The van der Waals surface area contributed by atoms with Gasteiger partial charge in [-0.15, -0.1) is 0 Å². The van der Waals surface area contributed by atoms with E-state index in [4.69, 9.17) is 4.74 Å². The number of carbonyl (C=O) groups is 1. The third-order valence-corrected chi connectivity index (χ3v) is 2.60. The molecule has 0 aliphatic carbocycles. The lowest BCUT2D eigenvalue weighted by Gasteiger charge is -2.20. The molecule has 1 atom stereocenters. The molecule has 0 aliphatic heterocycles. The van der Waals surface area contributed by atoms with Crippen molar-refractivity contribution in [1.29, 1.82) is 0 Å². The zero-order valence-electron chi connectivity index (χ0n) is 10.8. The van der Waals surface area contributed by atoms with Crippen LogP contribution < -0.4 is 0 Å². The van der Waals surface area contributed by atoms with E-state index in [1.165, 1.54) is 30.2 Å². The fourth-order valence-corrected chi connectivity index (χ4v) is 1.64. The molecule has 0 spiro atoms. The molecule has 4 nitrogen and oxygen atoms in total. The van der Waals surface area contributed by atoms with Crippen LogP contribution in [0.3, 0.4) is 0 Å². The molecule has 1 aromatic rings. The van der Waals surface area contributed by atoms with Gasteiger partial charge in [-0.05, 0) is 30.7 Å². The van der Waals surface area contributed by atoms with Crippen molar-refractivity contribution in [2.45, 2.75) is 13.0 Å². The maximum Gasteiger partial charge on any atom is 0.253 e. The molecule has 0 heterocycles. The van der Waals surface area contributed by atoms with Crippen molar-refractivity contribution < 1.29 is 19.0 Å². The largest absolute Gasteiger partial charge is 0.389 e. The van der Waals surface area contributed by atoms with Crippen LogP contribution in [0.4, 0.5) is 4.39 Å². The van der Waals surface area contributed by atoms with Crippen LogP contribution in [-0.2, 0) is 4.74 Å². The molecule has 100 valence electrons. The number of hydrogen-bond donors (Lipinski definition) is 1. The van der Waals surface area contributed by atoms with E-state index in [9.17, 15) is 14.3 Å². The van der Waals surface area contributed by atoms with Gasteiger partial charge in [0.1, 0.15) is 5.82 Å². The van der Waals surface area contributed by atoms with Gasteiger partial charge in [0.25, 0.3) is 5.91 Å². The fourth-order valence-electron chi connectivity index (χ4n) is 1.64. The number of aryl methyl sites for hydroxylation is 1. The SMILES string of the molecule is COCC(O)CN(C)C(=O)c1ccc(F)c(C)c1. The number of rotatable bonds is 5. The molecule has 0 aromatic heterocycles. The zero-order chi connectivity index (χ0) is 13.7. The van der Waals surface area contributed by atoms with E-state index in [0.717, 1.165) is 0 Å². The van der Waals surface area contributed by atoms with Crippen LogP contribution >= 0.6 is 0 Å². The topological polar surface area (TPSA) is 49.8 Å². The molecule has 0 radical (unpaired) electrons. The Morgan fingerprint density at radius 1 is 1.56 bits per heavy atom. The fraction of sp³-hybridized carbons (Fsp3) is 0.462. The molecule has 1 aromatic carbocycles. The first-order valence-corrected chi connectivity index (χ1v) is 5.64. The van der Waals surface area contributed by atoms with Crippen LogP contribution in [0.5, 0.6) is 0 Å². The molecule has 0 bridgehead atoms. The molecule has 0 fully saturated rings. The number of amides is 1. The average Bonchev–Trinajstić information content (AvgIpc) is 2.32. The second-order valence-electron chi connectivity index (χ2n) is 4.26. The van der Waals surface area contributed by atoms with E-state index < -0.39 is 6.10 Å². The minimum Gasteiger partial charge on any atom is -0.389 e. The Bertz CT molecular complexity index is 423. The van der Waals surface area contributed by atoms with Crippen LogP contribution in [0, 0.1) is 12.7 Å². The summed E-state index contributed by atoms with van der Waals surface area (Å²) in [5, 5.41) is 9.54. The molecule has 18 heavy (non-hydrogen) atoms. The summed E-state index contributed by atoms with van der Waals surface area (Å²) >= 11 is 0. The van der Waals surface area contributed by atoms with Crippen molar-refractivity contribution in [1.82, 2.24) is 4.90 Å². The van der Waals surface area contributed by atoms with Gasteiger partial charge in [0.2, 0.25) is 0 Å². The molecule has 0 saturated carbocycles. The van der Waals surface area contributed by atoms with E-state index in [1.807, 2.05) is 0 Å². The third-order valence-electron chi connectivity index (χ3n) is 2.60. The van der Waals surface area contributed by atoms with Crippen molar-refractivity contribution in [2.24, 2.45) is 0 Å². The molecule has 5 heteroatoms. The maximum atomic E-state index is 13.1. The minimum absolute atomic E-state index is 0.167. The number of ether oxygens (including phenoxy) is 1. The Hall–Kier alpha value is -1.46. The van der Waals surface area contributed by atoms with Gasteiger partial charge in [0.15, 0.2) is 0 Å². The summed E-state index contributed by atoms with van der Waals surface area (Å²) in [4.78, 5) is 13.4. The number of likely N-dealkylation sites (N-methyl/N-ethyl adjacent to an activating group) is 1. The van der Waals surface area contributed by atoms with Crippen molar-refractivity contribution in [3.63, 3.8) is 0 Å². The normalized spacial score (nSPS) is 12.3. The smallest absolute Gasteiger partial charge is 0.253 e. The van der Waals surface area contributed by atoms with Gasteiger partial charge in [0.05, 0.1) is 12.7 Å². The summed E-state index contributed by atoms with van der Waals surface area (Å²) in [6.07, 6.45) is -0.731. The van der Waals surface area contributed by atoms with Gasteiger partial charge in [0, 0.05) is 26.3 Å². The van der Waals surface area contributed by atoms with Crippen LogP contribution in [0.15, 0.2) is 18.2 Å². The zero-order valence-corrected chi connectivity index (χ0v) is 10.8. The highest BCUT2D eigenvalue weighted by Gasteiger charge is 2.16. The molecule has 0 aliphatic rings. The standard InChI is InChI=1S/C13H18FNO3/c1-9-6-10(4-5-12(9)14)13(17)15(2)7-11(16)8-18-3/h4-6,11,16H,7-8H2,1-3H3. The summed E-state index contributed by atoms with van der Waals surface area (Å²) in [7, 11) is 3.06. The van der Waals surface area contributed by atoms with Crippen molar-refractivity contribution in [2.75, 3.05) is 27.3 Å². The molecule has 1 N–H and O–H groups in total. The highest BCUT2D eigenvalue weighted by Crippen LogP contribution is 2.11. The van der Waals surface area contributed by atoms with E-state index in [-0.39, 0.29) is 24.9 Å². The first-order chi connectivity index (χ1) is 8.45. The Morgan fingerprint density at radius 2 is 2.22 bits per heavy atom. The van der Waals surface area contributed by atoms with Gasteiger partial charge in [-0.1, -0.05) is 0 Å². The minimum atomic E-state index is -0.731. The highest BCUT2D eigenvalue weighted by atomic mass is 19.1. The van der Waals surface area contributed by atoms with Crippen LogP contribution in [0.25, 0.3) is 0 Å². The predicted molar refractivity (Wildman–Crippen MR) is 66.0 cm³/mol. The molecule has 0 saturated heterocycles. The first-order valence-electron chi connectivity index (χ1n) is 5.64. The summed E-state index contributed by atoms with van der Waals surface area (Å²) < 4.78 is 17.9. The lowest BCUT2D eigenvalue weighted by Crippen LogP contribution is -2.36. The third kappa shape index (κ3) is 3.78. The van der Waals surface area contributed by atoms with E-state index in [0.29, 0.717) is 11.1 Å². The Balaban J connectivity index is 2.71. The number of aliphatic hydroxyl groups is 1. The predicted octanol–water partition coefficient (Wildman–Crippen LogP) is 1.21. The Morgan fingerprint density at radius 3 is 2.78 bits per heavy atom. The van der Waals surface area contributed by atoms with Gasteiger partial charge in [-0.2, -0.15) is 0 Å². The van der Waals surface area contributed by atoms with Gasteiger partial charge in [-0.3, -0.25) is 4.79 Å². The Kier molecular flexibility index (Phi) is 5.25. The maximum absolute atomic E-state index is 13.1. The lowest BCUT2D eigenvalue weighted by atomic mass is 10.1. The van der Waals surface area contributed by atoms with Crippen LogP contribution in [0.2, 0.25) is 0 Å². The van der Waals surface area contributed by atoms with Crippen LogP contribution in [0.1, 0.15) is 15.9 Å². The van der Waals surface area contributed by atoms with Gasteiger partial charge in [-0.25, -0.2) is 4.39 Å². The lowest BCUT2D eigenvalue weighted by molar-refractivity contribution is 0.0380. The summed E-state index contributed by atoms with van der Waals surface area (Å²) in [5.41, 5.74) is 0.827. The number of carbonyl (C=O) groups excluding carboxylic acids is 1. The summed E-state index contributed by atoms with van der Waals surface area (Å²) in [5.74, 6) is -0.595. The van der Waals surface area contributed by atoms with Crippen molar-refractivity contribution in [3.8, 4) is 0 Å². The van der Waals surface area contributed by atoms with E-state index >= 15 is 0 Å². The van der Waals surface area contributed by atoms with Crippen molar-refractivity contribution in [3.05, 3.63) is 35.1 Å². The molecular formula is C13H18FNO3. The molecule has 1 amide bonds. The second kappa shape index (κ2) is 6.47. The molecular weight excluding hydrogens is 237 g/mol. The number of halogens is 1. The summed E-state index contributed by atoms with van der Waals surface area (Å²) in [6.45, 7) is 1.94. The van der Waals surface area contributed by atoms with Gasteiger partial charge >= 0.3 is 0 Å². The molecule has 1 rings (SSSR count). The monoisotopic (exact) mass is 255 g/mol. The first kappa shape index (κ1) is 14.6. The van der Waals surface area contributed by atoms with E-state index in [1.54, 1.807) is 14.0 Å². The number of benzene rings is 1. The number of nitrogens with zero attached hydrogens (tertiary/aromatic N) is 1. The molecule has 1 unspecified atom stereocenters. The Labute approximate surface area is 106 Å². The highest BCUT2D eigenvalue weighted by molar-refractivity contribution is 5.94. The average molecular weight is 255 g/mol. The van der Waals surface area contributed by atoms with Gasteiger partial charge < -0.3 is 14.7 Å². The number of aliphatic hydroxyl groups excluding tert-OH is 1. The van der Waals surface area contributed by atoms with Crippen molar-refractivity contribution >= 4 is 5.91 Å². The van der Waals surface area contributed by atoms with E-state index in [2.05, 4.69) is 0 Å². The quantitative estimate of drug-likeness (QED) is 0.860. The second-order valence-corrected chi connectivity index (χ2v) is 4.26.